The molecule has 0 aliphatic carbocycles. The van der Waals surface area contributed by atoms with Gasteiger partial charge in [-0.3, -0.25) is 0 Å². The van der Waals surface area contributed by atoms with Gasteiger partial charge in [-0.05, 0) is 24.4 Å². The summed E-state index contributed by atoms with van der Waals surface area (Å²) in [5.41, 5.74) is 1.14. The van der Waals surface area contributed by atoms with Crippen molar-refractivity contribution in [2.24, 2.45) is 0 Å². The minimum Gasteiger partial charge on any atom is -0.337 e. The van der Waals surface area contributed by atoms with Gasteiger partial charge in [-0.1, -0.05) is 12.1 Å². The molecule has 0 atom stereocenters. The molecule has 0 bridgehead atoms. The molecule has 1 N–H and O–H groups in total. The van der Waals surface area contributed by atoms with Crippen LogP contribution in [0.25, 0.3) is 10.2 Å². The molecule has 11 heavy (non-hydrogen) atoms. The van der Waals surface area contributed by atoms with Crippen molar-refractivity contribution in [2.45, 2.75) is 0 Å². The molecular formula is C7H5CuNS2+2. The number of benzene rings is 1. The van der Waals surface area contributed by atoms with Crippen molar-refractivity contribution in [1.29, 1.82) is 0 Å². The first-order valence-corrected chi connectivity index (χ1v) is 4.16. The Morgan fingerprint density at radius 2 is 2.00 bits per heavy atom. The maximum absolute atomic E-state index is 4.98. The summed E-state index contributed by atoms with van der Waals surface area (Å²) < 4.78 is 2.08. The predicted octanol–water partition coefficient (Wildman–Crippen LogP) is 2.96. The van der Waals surface area contributed by atoms with Crippen molar-refractivity contribution < 1.29 is 17.1 Å². The molecule has 0 fully saturated rings. The standard InChI is InChI=1S/C7H5NS2.Cu/c9-7-8-5-3-1-2-4-6(5)10-7;/h1-4H,(H,8,9);/q;+2. The van der Waals surface area contributed by atoms with Gasteiger partial charge in [0.25, 0.3) is 0 Å². The molecule has 1 nitrogen and oxygen atoms in total. The van der Waals surface area contributed by atoms with Crippen molar-refractivity contribution in [3.05, 3.63) is 28.2 Å². The first-order chi connectivity index (χ1) is 4.86. The number of nitrogens with one attached hydrogen (secondary N) is 1. The summed E-state index contributed by atoms with van der Waals surface area (Å²) >= 11 is 6.59. The van der Waals surface area contributed by atoms with E-state index < -0.39 is 0 Å². The third kappa shape index (κ3) is 1.71. The Hall–Kier alpha value is -0.151. The van der Waals surface area contributed by atoms with Gasteiger partial charge in [0.2, 0.25) is 0 Å². The molecule has 1 heterocycles. The van der Waals surface area contributed by atoms with E-state index in [2.05, 4.69) is 11.1 Å². The van der Waals surface area contributed by atoms with Crippen LogP contribution in [-0.4, -0.2) is 4.98 Å². The van der Waals surface area contributed by atoms with Crippen molar-refractivity contribution in [2.75, 3.05) is 0 Å². The molecule has 0 spiro atoms. The van der Waals surface area contributed by atoms with E-state index in [1.54, 1.807) is 11.3 Å². The summed E-state index contributed by atoms with van der Waals surface area (Å²) in [6.07, 6.45) is 0. The van der Waals surface area contributed by atoms with E-state index in [4.69, 9.17) is 12.2 Å². The molecule has 4 heteroatoms. The molecule has 0 unspecified atom stereocenters. The number of rotatable bonds is 0. The molecule has 0 saturated carbocycles. The predicted molar refractivity (Wildman–Crippen MR) is 47.0 cm³/mol. The Labute approximate surface area is 83.9 Å². The normalized spacial score (nSPS) is 9.45. The van der Waals surface area contributed by atoms with Crippen LogP contribution in [0.2, 0.25) is 0 Å². The molecule has 0 aliphatic heterocycles. The zero-order valence-corrected chi connectivity index (χ0v) is 8.00. The van der Waals surface area contributed by atoms with E-state index >= 15 is 0 Å². The third-order valence-corrected chi connectivity index (χ3v) is 2.54. The van der Waals surface area contributed by atoms with Crippen LogP contribution in [0.5, 0.6) is 0 Å². The topological polar surface area (TPSA) is 15.8 Å². The maximum atomic E-state index is 4.98. The summed E-state index contributed by atoms with van der Waals surface area (Å²) in [6, 6.07) is 8.11. The fourth-order valence-electron chi connectivity index (χ4n) is 0.894. The fraction of sp³-hybridized carbons (Fsp3) is 0. The van der Waals surface area contributed by atoms with Crippen LogP contribution >= 0.6 is 23.6 Å². The molecule has 1 aromatic carbocycles. The average molecular weight is 231 g/mol. The van der Waals surface area contributed by atoms with Gasteiger partial charge >= 0.3 is 17.1 Å². The first-order valence-electron chi connectivity index (χ1n) is 2.94. The molecule has 1 aromatic heterocycles. The molecule has 1 radical (unpaired) electrons. The van der Waals surface area contributed by atoms with Gasteiger partial charge in [0.15, 0.2) is 3.95 Å². The number of para-hydroxylation sites is 1. The Kier molecular flexibility index (Phi) is 2.84. The van der Waals surface area contributed by atoms with E-state index in [1.807, 2.05) is 18.2 Å². The molecule has 0 aliphatic rings. The van der Waals surface area contributed by atoms with Gasteiger partial charge in [-0.15, -0.1) is 11.3 Å². The molecular weight excluding hydrogens is 226 g/mol. The van der Waals surface area contributed by atoms with Crippen LogP contribution in [0.1, 0.15) is 0 Å². The van der Waals surface area contributed by atoms with Crippen LogP contribution in [0.4, 0.5) is 0 Å². The van der Waals surface area contributed by atoms with E-state index in [0.717, 1.165) is 9.47 Å². The van der Waals surface area contributed by atoms with Gasteiger partial charge in [-0.25, -0.2) is 0 Å². The van der Waals surface area contributed by atoms with Gasteiger partial charge in [0.05, 0.1) is 10.2 Å². The Morgan fingerprint density at radius 1 is 1.27 bits per heavy atom. The fourth-order valence-corrected chi connectivity index (χ4v) is 2.01. The third-order valence-electron chi connectivity index (χ3n) is 1.33. The summed E-state index contributed by atoms with van der Waals surface area (Å²) in [6.45, 7) is 0. The van der Waals surface area contributed by atoms with E-state index in [1.165, 1.54) is 4.70 Å². The van der Waals surface area contributed by atoms with Gasteiger partial charge < -0.3 is 4.98 Å². The quantitative estimate of drug-likeness (QED) is 0.544. The summed E-state index contributed by atoms with van der Waals surface area (Å²) in [5, 5.41) is 0. The minimum atomic E-state index is 0. The SMILES string of the molecule is S=c1[nH]c2ccccc2s1.[Cu+2]. The second kappa shape index (κ2) is 3.50. The van der Waals surface area contributed by atoms with Crippen LogP contribution in [0.3, 0.4) is 0 Å². The Balaban J connectivity index is 0.000000605. The van der Waals surface area contributed by atoms with Crippen molar-refractivity contribution in [3.63, 3.8) is 0 Å². The molecule has 0 saturated heterocycles. The number of aromatic amines is 1. The van der Waals surface area contributed by atoms with Crippen LogP contribution in [-0.2, 0) is 17.1 Å². The monoisotopic (exact) mass is 230 g/mol. The van der Waals surface area contributed by atoms with Crippen LogP contribution in [0, 0.1) is 3.95 Å². The van der Waals surface area contributed by atoms with Crippen LogP contribution < -0.4 is 0 Å². The van der Waals surface area contributed by atoms with Gasteiger partial charge in [-0.2, -0.15) is 0 Å². The number of aromatic nitrogens is 1. The zero-order valence-electron chi connectivity index (χ0n) is 5.43. The van der Waals surface area contributed by atoms with Crippen molar-refractivity contribution >= 4 is 33.8 Å². The summed E-state index contributed by atoms with van der Waals surface area (Å²) in [5.74, 6) is 0. The van der Waals surface area contributed by atoms with Gasteiger partial charge in [0.1, 0.15) is 0 Å². The first kappa shape index (κ1) is 8.94. The maximum Gasteiger partial charge on any atom is 2.00 e. The summed E-state index contributed by atoms with van der Waals surface area (Å²) in [4.78, 5) is 3.09. The van der Waals surface area contributed by atoms with E-state index in [9.17, 15) is 0 Å². The Morgan fingerprint density at radius 3 is 2.73 bits per heavy atom. The molecule has 2 aromatic rings. The largest absolute Gasteiger partial charge is 2.00 e. The second-order valence-electron chi connectivity index (χ2n) is 2.01. The van der Waals surface area contributed by atoms with Crippen molar-refractivity contribution in [3.8, 4) is 0 Å². The number of H-pyrrole nitrogens is 1. The number of thiazole rings is 1. The molecule has 2 rings (SSSR count). The number of hydrogen-bond acceptors (Lipinski definition) is 2. The van der Waals surface area contributed by atoms with Crippen LogP contribution in [0.15, 0.2) is 24.3 Å². The average Bonchev–Trinajstić information content (AvgIpc) is 2.27. The van der Waals surface area contributed by atoms with Gasteiger partial charge in [0, 0.05) is 0 Å². The van der Waals surface area contributed by atoms with E-state index in [-0.39, 0.29) is 17.1 Å². The smallest absolute Gasteiger partial charge is 0.337 e. The zero-order chi connectivity index (χ0) is 6.97. The minimum absolute atomic E-state index is 0. The number of hydrogen-bond donors (Lipinski definition) is 1. The second-order valence-corrected chi connectivity index (χ2v) is 3.73. The number of fused-ring (bicyclic) bond motifs is 1. The molecule has 59 valence electrons. The van der Waals surface area contributed by atoms with E-state index in [0.29, 0.717) is 0 Å². The molecule has 0 amide bonds. The summed E-state index contributed by atoms with van der Waals surface area (Å²) in [7, 11) is 0. The van der Waals surface area contributed by atoms with Crippen molar-refractivity contribution in [1.82, 2.24) is 4.98 Å². The Bertz CT molecular complexity index is 368.